The van der Waals surface area contributed by atoms with Crippen molar-refractivity contribution in [1.29, 1.82) is 0 Å². The molecule has 110 valence electrons. The molecule has 0 aromatic heterocycles. The van der Waals surface area contributed by atoms with Crippen molar-refractivity contribution in [2.24, 2.45) is 0 Å². The van der Waals surface area contributed by atoms with Crippen LogP contribution in [0.25, 0.3) is 0 Å². The maximum absolute atomic E-state index is 12.3. The van der Waals surface area contributed by atoms with Crippen molar-refractivity contribution in [3.05, 3.63) is 0 Å². The Morgan fingerprint density at radius 1 is 1.37 bits per heavy atom. The van der Waals surface area contributed by atoms with Gasteiger partial charge in [0, 0.05) is 44.8 Å². The minimum Gasteiger partial charge on any atom is -0.368 e. The van der Waals surface area contributed by atoms with Crippen LogP contribution in [-0.4, -0.2) is 74.3 Å². The molecule has 0 bridgehead atoms. The quantitative estimate of drug-likeness (QED) is 0.741. The largest absolute Gasteiger partial charge is 0.368 e. The standard InChI is InChI=1S/C13H25N3O2S/c1-18-13(2-4-14-5-3-13)12(17)15-6-7-16-8-10-19-11-9-16/h14H,2-11H2,1H3,(H,15,17). The molecule has 0 aromatic rings. The number of piperidine rings is 1. The van der Waals surface area contributed by atoms with E-state index in [1.165, 1.54) is 11.5 Å². The summed E-state index contributed by atoms with van der Waals surface area (Å²) in [6, 6.07) is 0. The summed E-state index contributed by atoms with van der Waals surface area (Å²) in [5.41, 5.74) is -0.608. The van der Waals surface area contributed by atoms with Gasteiger partial charge in [-0.1, -0.05) is 0 Å². The molecule has 2 aliphatic heterocycles. The fourth-order valence-electron chi connectivity index (χ4n) is 2.67. The lowest BCUT2D eigenvalue weighted by molar-refractivity contribution is -0.146. The van der Waals surface area contributed by atoms with Crippen molar-refractivity contribution in [1.82, 2.24) is 15.5 Å². The van der Waals surface area contributed by atoms with Crippen LogP contribution in [0.2, 0.25) is 0 Å². The lowest BCUT2D eigenvalue weighted by atomic mass is 9.91. The molecule has 0 spiro atoms. The topological polar surface area (TPSA) is 53.6 Å². The van der Waals surface area contributed by atoms with E-state index in [0.29, 0.717) is 0 Å². The van der Waals surface area contributed by atoms with Gasteiger partial charge in [0.15, 0.2) is 0 Å². The Labute approximate surface area is 119 Å². The zero-order chi connectivity index (χ0) is 13.6. The third kappa shape index (κ3) is 4.08. The number of hydrogen-bond acceptors (Lipinski definition) is 5. The number of ether oxygens (including phenoxy) is 1. The van der Waals surface area contributed by atoms with Crippen LogP contribution in [0.3, 0.4) is 0 Å². The summed E-state index contributed by atoms with van der Waals surface area (Å²) in [7, 11) is 1.65. The highest BCUT2D eigenvalue weighted by Gasteiger charge is 2.39. The smallest absolute Gasteiger partial charge is 0.252 e. The van der Waals surface area contributed by atoms with Gasteiger partial charge in [0.25, 0.3) is 5.91 Å². The van der Waals surface area contributed by atoms with Crippen LogP contribution in [0.4, 0.5) is 0 Å². The van der Waals surface area contributed by atoms with Gasteiger partial charge in [-0.25, -0.2) is 0 Å². The van der Waals surface area contributed by atoms with E-state index in [1.807, 2.05) is 11.8 Å². The third-order valence-corrected chi connectivity index (χ3v) is 4.98. The number of thioether (sulfide) groups is 1. The highest BCUT2D eigenvalue weighted by atomic mass is 32.2. The van der Waals surface area contributed by atoms with Crippen molar-refractivity contribution in [3.8, 4) is 0 Å². The van der Waals surface area contributed by atoms with Crippen LogP contribution >= 0.6 is 11.8 Å². The molecule has 1 amide bonds. The van der Waals surface area contributed by atoms with Gasteiger partial charge in [-0.05, 0) is 25.9 Å². The van der Waals surface area contributed by atoms with Gasteiger partial charge in [-0.2, -0.15) is 11.8 Å². The number of carbonyl (C=O) groups is 1. The number of rotatable bonds is 5. The SMILES string of the molecule is COC1(C(=O)NCCN2CCSCC2)CCNCC1. The Morgan fingerprint density at radius 2 is 2.05 bits per heavy atom. The maximum Gasteiger partial charge on any atom is 0.252 e. The van der Waals surface area contributed by atoms with Gasteiger partial charge in [-0.3, -0.25) is 9.69 Å². The maximum atomic E-state index is 12.3. The predicted molar refractivity (Wildman–Crippen MR) is 78.6 cm³/mol. The van der Waals surface area contributed by atoms with E-state index in [2.05, 4.69) is 15.5 Å². The highest BCUT2D eigenvalue weighted by Crippen LogP contribution is 2.22. The van der Waals surface area contributed by atoms with Crippen molar-refractivity contribution >= 4 is 17.7 Å². The second-order valence-corrected chi connectivity index (χ2v) is 6.38. The Morgan fingerprint density at radius 3 is 2.68 bits per heavy atom. The Kier molecular flexibility index (Phi) is 5.94. The first-order valence-electron chi connectivity index (χ1n) is 7.11. The first-order valence-corrected chi connectivity index (χ1v) is 8.26. The highest BCUT2D eigenvalue weighted by molar-refractivity contribution is 7.99. The fraction of sp³-hybridized carbons (Fsp3) is 0.923. The molecule has 0 unspecified atom stereocenters. The summed E-state index contributed by atoms with van der Waals surface area (Å²) in [6.07, 6.45) is 1.52. The van der Waals surface area contributed by atoms with Crippen LogP contribution in [0.1, 0.15) is 12.8 Å². The van der Waals surface area contributed by atoms with Gasteiger partial charge in [0.2, 0.25) is 0 Å². The molecule has 2 heterocycles. The number of amides is 1. The van der Waals surface area contributed by atoms with Crippen LogP contribution in [-0.2, 0) is 9.53 Å². The molecule has 2 saturated heterocycles. The first-order chi connectivity index (χ1) is 9.27. The lowest BCUT2D eigenvalue weighted by Crippen LogP contribution is -2.55. The molecule has 19 heavy (non-hydrogen) atoms. The summed E-state index contributed by atoms with van der Waals surface area (Å²) in [5, 5.41) is 6.32. The molecule has 2 fully saturated rings. The minimum absolute atomic E-state index is 0.0582. The second-order valence-electron chi connectivity index (χ2n) is 5.16. The zero-order valence-electron chi connectivity index (χ0n) is 11.7. The van der Waals surface area contributed by atoms with Gasteiger partial charge in [0.1, 0.15) is 5.60 Å². The van der Waals surface area contributed by atoms with E-state index in [4.69, 9.17) is 4.74 Å². The Balaban J connectivity index is 1.73. The summed E-state index contributed by atoms with van der Waals surface area (Å²) >= 11 is 2.01. The lowest BCUT2D eigenvalue weighted by Gasteiger charge is -2.35. The van der Waals surface area contributed by atoms with Gasteiger partial charge >= 0.3 is 0 Å². The average Bonchev–Trinajstić information content (AvgIpc) is 2.49. The van der Waals surface area contributed by atoms with E-state index in [1.54, 1.807) is 7.11 Å². The first kappa shape index (κ1) is 15.1. The van der Waals surface area contributed by atoms with E-state index >= 15 is 0 Å². The molecule has 0 saturated carbocycles. The summed E-state index contributed by atoms with van der Waals surface area (Å²) in [4.78, 5) is 14.7. The molecule has 0 atom stereocenters. The third-order valence-electron chi connectivity index (χ3n) is 4.03. The molecule has 0 aliphatic carbocycles. The van der Waals surface area contributed by atoms with Crippen LogP contribution in [0.5, 0.6) is 0 Å². The van der Waals surface area contributed by atoms with Crippen LogP contribution < -0.4 is 10.6 Å². The van der Waals surface area contributed by atoms with Crippen molar-refractivity contribution in [2.75, 3.05) is 57.9 Å². The summed E-state index contributed by atoms with van der Waals surface area (Å²) in [5.74, 6) is 2.48. The molecule has 2 aliphatic rings. The Bertz CT molecular complexity index is 290. The molecule has 2 rings (SSSR count). The van der Waals surface area contributed by atoms with Crippen LogP contribution in [0, 0.1) is 0 Å². The average molecular weight is 287 g/mol. The van der Waals surface area contributed by atoms with E-state index in [-0.39, 0.29) is 5.91 Å². The summed E-state index contributed by atoms with van der Waals surface area (Å²) in [6.45, 7) is 5.65. The zero-order valence-corrected chi connectivity index (χ0v) is 12.6. The molecule has 2 N–H and O–H groups in total. The van der Waals surface area contributed by atoms with E-state index in [9.17, 15) is 4.79 Å². The van der Waals surface area contributed by atoms with E-state index in [0.717, 1.165) is 52.1 Å². The molecule has 0 radical (unpaired) electrons. The minimum atomic E-state index is -0.608. The predicted octanol–water partition coefficient (Wildman–Crippen LogP) is -0.0800. The number of hydrogen-bond donors (Lipinski definition) is 2. The number of nitrogens with zero attached hydrogens (tertiary/aromatic N) is 1. The van der Waals surface area contributed by atoms with Crippen molar-refractivity contribution in [2.45, 2.75) is 18.4 Å². The van der Waals surface area contributed by atoms with Gasteiger partial charge in [-0.15, -0.1) is 0 Å². The fourth-order valence-corrected chi connectivity index (χ4v) is 3.65. The normalized spacial score (nSPS) is 24.1. The summed E-state index contributed by atoms with van der Waals surface area (Å²) < 4.78 is 5.51. The van der Waals surface area contributed by atoms with E-state index < -0.39 is 5.60 Å². The molecule has 5 nitrogen and oxygen atoms in total. The van der Waals surface area contributed by atoms with Crippen molar-refractivity contribution < 1.29 is 9.53 Å². The van der Waals surface area contributed by atoms with Crippen LogP contribution in [0.15, 0.2) is 0 Å². The van der Waals surface area contributed by atoms with Gasteiger partial charge in [0.05, 0.1) is 0 Å². The number of nitrogens with one attached hydrogen (secondary N) is 2. The molecular formula is C13H25N3O2S. The molecule has 0 aromatic carbocycles. The molecular weight excluding hydrogens is 262 g/mol. The molecule has 6 heteroatoms. The number of methoxy groups -OCH3 is 1. The second kappa shape index (κ2) is 7.47. The monoisotopic (exact) mass is 287 g/mol. The van der Waals surface area contributed by atoms with Crippen molar-refractivity contribution in [3.63, 3.8) is 0 Å². The Hall–Kier alpha value is -0.300. The van der Waals surface area contributed by atoms with Gasteiger partial charge < -0.3 is 15.4 Å². The number of carbonyl (C=O) groups excluding carboxylic acids is 1.